The fourth-order valence-electron chi connectivity index (χ4n) is 3.98. The Labute approximate surface area is 148 Å². The summed E-state index contributed by atoms with van der Waals surface area (Å²) >= 11 is 1.37. The maximum absolute atomic E-state index is 13.0. The molecule has 1 spiro atoms. The lowest BCUT2D eigenvalue weighted by atomic mass is 9.73. The number of imide groups is 1. The first kappa shape index (κ1) is 16.3. The molecule has 1 aliphatic carbocycles. The van der Waals surface area contributed by atoms with E-state index in [1.165, 1.54) is 26.7 Å². The Morgan fingerprint density at radius 3 is 2.92 bits per heavy atom. The topological polar surface area (TPSA) is 83.8 Å². The molecular formula is C17H20N4O3S. The van der Waals surface area contributed by atoms with Crippen molar-refractivity contribution in [2.75, 3.05) is 0 Å². The molecule has 2 fully saturated rings. The highest BCUT2D eigenvalue weighted by Crippen LogP contribution is 2.38. The quantitative estimate of drug-likeness (QED) is 0.831. The van der Waals surface area contributed by atoms with E-state index >= 15 is 0 Å². The molecule has 25 heavy (non-hydrogen) atoms. The predicted molar refractivity (Wildman–Crippen MR) is 93.5 cm³/mol. The smallest absolute Gasteiger partial charge is 0.323 e. The Balaban J connectivity index is 1.66. The molecule has 2 aromatic heterocycles. The molecular weight excluding hydrogens is 340 g/mol. The van der Waals surface area contributed by atoms with Gasteiger partial charge in [0.05, 0.1) is 12.2 Å². The van der Waals surface area contributed by atoms with E-state index in [-0.39, 0.29) is 30.0 Å². The number of hydrogen-bond donors (Lipinski definition) is 1. The summed E-state index contributed by atoms with van der Waals surface area (Å²) in [7, 11) is 0. The molecule has 3 heterocycles. The highest BCUT2D eigenvalue weighted by atomic mass is 32.1. The Kier molecular flexibility index (Phi) is 3.68. The first-order chi connectivity index (χ1) is 11.9. The molecule has 1 aliphatic heterocycles. The Morgan fingerprint density at radius 1 is 1.36 bits per heavy atom. The standard InChI is InChI=1S/C17H20N4O3S/c1-10-5-3-4-6-17(10)14(23)20(15(24)19-17)8-12-7-13(22)21-11(2)9-25-16(21)18-12/h7,9-10H,3-6,8H2,1-2H3,(H,19,24)/t10-,17+/m0/s1. The van der Waals surface area contributed by atoms with Crippen LogP contribution in [-0.2, 0) is 11.3 Å². The molecule has 1 N–H and O–H groups in total. The molecule has 4 rings (SSSR count). The van der Waals surface area contributed by atoms with Gasteiger partial charge in [-0.15, -0.1) is 11.3 Å². The van der Waals surface area contributed by atoms with E-state index < -0.39 is 5.54 Å². The molecule has 0 radical (unpaired) electrons. The summed E-state index contributed by atoms with van der Waals surface area (Å²) in [6.07, 6.45) is 3.62. The van der Waals surface area contributed by atoms with Crippen molar-refractivity contribution in [2.24, 2.45) is 5.92 Å². The first-order valence-electron chi connectivity index (χ1n) is 8.53. The number of hydrogen-bond acceptors (Lipinski definition) is 5. The second-order valence-corrected chi connectivity index (χ2v) is 7.86. The van der Waals surface area contributed by atoms with E-state index in [9.17, 15) is 14.4 Å². The number of rotatable bonds is 2. The van der Waals surface area contributed by atoms with Gasteiger partial charge in [0.2, 0.25) is 0 Å². The molecule has 0 aromatic carbocycles. The van der Waals surface area contributed by atoms with Gasteiger partial charge in [-0.25, -0.2) is 9.78 Å². The lowest BCUT2D eigenvalue weighted by molar-refractivity contribution is -0.134. The molecule has 0 unspecified atom stereocenters. The second kappa shape index (κ2) is 5.66. The van der Waals surface area contributed by atoms with Gasteiger partial charge in [0.1, 0.15) is 5.54 Å². The van der Waals surface area contributed by atoms with Gasteiger partial charge < -0.3 is 5.32 Å². The van der Waals surface area contributed by atoms with Crippen molar-refractivity contribution >= 4 is 28.2 Å². The van der Waals surface area contributed by atoms with Crippen LogP contribution in [0.1, 0.15) is 44.0 Å². The van der Waals surface area contributed by atoms with Crippen LogP contribution in [0.4, 0.5) is 4.79 Å². The molecule has 8 heteroatoms. The van der Waals surface area contributed by atoms with Crippen molar-refractivity contribution in [3.05, 3.63) is 33.2 Å². The molecule has 2 atom stereocenters. The number of aromatic nitrogens is 2. The number of carbonyl (C=O) groups is 2. The minimum atomic E-state index is -0.784. The van der Waals surface area contributed by atoms with Crippen LogP contribution in [0.2, 0.25) is 0 Å². The van der Waals surface area contributed by atoms with Crippen LogP contribution in [0.25, 0.3) is 4.96 Å². The second-order valence-electron chi connectivity index (χ2n) is 7.02. The Morgan fingerprint density at radius 2 is 2.16 bits per heavy atom. The Bertz CT molecular complexity index is 934. The summed E-state index contributed by atoms with van der Waals surface area (Å²) in [5.41, 5.74) is 0.296. The third kappa shape index (κ3) is 2.38. The fraction of sp³-hybridized carbons (Fsp3) is 0.529. The third-order valence-corrected chi connectivity index (χ3v) is 6.39. The average molecular weight is 360 g/mol. The van der Waals surface area contributed by atoms with Gasteiger partial charge in [-0.1, -0.05) is 19.8 Å². The van der Waals surface area contributed by atoms with Crippen molar-refractivity contribution in [1.29, 1.82) is 0 Å². The minimum absolute atomic E-state index is 0.0296. The van der Waals surface area contributed by atoms with Crippen molar-refractivity contribution < 1.29 is 9.59 Å². The van der Waals surface area contributed by atoms with Crippen molar-refractivity contribution in [2.45, 2.75) is 51.6 Å². The number of fused-ring (bicyclic) bond motifs is 1. The summed E-state index contributed by atoms with van der Waals surface area (Å²) in [6, 6.07) is 1.02. The van der Waals surface area contributed by atoms with E-state index in [0.717, 1.165) is 25.0 Å². The molecule has 2 aromatic rings. The van der Waals surface area contributed by atoms with E-state index in [1.807, 2.05) is 19.2 Å². The van der Waals surface area contributed by atoms with Gasteiger partial charge in [-0.2, -0.15) is 0 Å². The van der Waals surface area contributed by atoms with Crippen molar-refractivity contribution in [3.8, 4) is 0 Å². The summed E-state index contributed by atoms with van der Waals surface area (Å²) in [6.45, 7) is 3.89. The van der Waals surface area contributed by atoms with Crippen molar-refractivity contribution in [1.82, 2.24) is 19.6 Å². The number of urea groups is 1. The number of carbonyl (C=O) groups excluding carboxylic acids is 2. The highest BCUT2D eigenvalue weighted by Gasteiger charge is 2.54. The zero-order valence-electron chi connectivity index (χ0n) is 14.2. The normalized spacial score (nSPS) is 26.6. The fourth-order valence-corrected chi connectivity index (χ4v) is 4.87. The van der Waals surface area contributed by atoms with Gasteiger partial charge in [0, 0.05) is 17.1 Å². The summed E-state index contributed by atoms with van der Waals surface area (Å²) < 4.78 is 1.53. The minimum Gasteiger partial charge on any atom is -0.323 e. The number of nitrogens with zero attached hydrogens (tertiary/aromatic N) is 3. The zero-order chi connectivity index (χ0) is 17.8. The van der Waals surface area contributed by atoms with Crippen LogP contribution in [0.15, 0.2) is 16.2 Å². The van der Waals surface area contributed by atoms with Crippen molar-refractivity contribution in [3.63, 3.8) is 0 Å². The monoisotopic (exact) mass is 360 g/mol. The first-order valence-corrected chi connectivity index (χ1v) is 9.41. The molecule has 132 valence electrons. The van der Waals surface area contributed by atoms with E-state index in [0.29, 0.717) is 17.1 Å². The molecule has 3 amide bonds. The molecule has 1 saturated heterocycles. The van der Waals surface area contributed by atoms with Gasteiger partial charge in [0.15, 0.2) is 4.96 Å². The Hall–Kier alpha value is -2.22. The van der Waals surface area contributed by atoms with Crippen LogP contribution in [0.3, 0.4) is 0 Å². The molecule has 7 nitrogen and oxygen atoms in total. The lowest BCUT2D eigenvalue weighted by Crippen LogP contribution is -2.53. The summed E-state index contributed by atoms with van der Waals surface area (Å²) in [5.74, 6) is -0.0715. The van der Waals surface area contributed by atoms with Crippen LogP contribution in [-0.4, -0.2) is 31.8 Å². The lowest BCUT2D eigenvalue weighted by Gasteiger charge is -2.36. The summed E-state index contributed by atoms with van der Waals surface area (Å²) in [4.78, 5) is 44.0. The predicted octanol–water partition coefficient (Wildman–Crippen LogP) is 2.07. The van der Waals surface area contributed by atoms with Crippen LogP contribution < -0.4 is 10.9 Å². The van der Waals surface area contributed by atoms with Crippen LogP contribution in [0.5, 0.6) is 0 Å². The van der Waals surface area contributed by atoms with Gasteiger partial charge in [-0.05, 0) is 25.7 Å². The number of aryl methyl sites for hydroxylation is 1. The average Bonchev–Trinajstić information content (AvgIpc) is 3.05. The largest absolute Gasteiger partial charge is 0.325 e. The number of thiazole rings is 1. The SMILES string of the molecule is Cc1csc2nc(CN3C(=O)N[C@@]4(CCCC[C@@H]4C)C3=O)cc(=O)n12. The van der Waals surface area contributed by atoms with E-state index in [2.05, 4.69) is 10.3 Å². The highest BCUT2D eigenvalue weighted by molar-refractivity contribution is 7.15. The maximum Gasteiger partial charge on any atom is 0.325 e. The molecule has 0 bridgehead atoms. The maximum atomic E-state index is 13.0. The third-order valence-electron chi connectivity index (χ3n) is 5.45. The zero-order valence-corrected chi connectivity index (χ0v) is 15.1. The van der Waals surface area contributed by atoms with Crippen LogP contribution >= 0.6 is 11.3 Å². The molecule has 1 saturated carbocycles. The van der Waals surface area contributed by atoms with E-state index in [4.69, 9.17) is 0 Å². The van der Waals surface area contributed by atoms with Gasteiger partial charge in [-0.3, -0.25) is 18.9 Å². The number of nitrogens with one attached hydrogen (secondary N) is 1. The van der Waals surface area contributed by atoms with Crippen LogP contribution in [0, 0.1) is 12.8 Å². The number of amides is 3. The van der Waals surface area contributed by atoms with E-state index in [1.54, 1.807) is 0 Å². The van der Waals surface area contributed by atoms with Gasteiger partial charge in [0.25, 0.3) is 11.5 Å². The molecule has 2 aliphatic rings. The summed E-state index contributed by atoms with van der Waals surface area (Å²) in [5, 5.41) is 4.78. The van der Waals surface area contributed by atoms with Gasteiger partial charge >= 0.3 is 6.03 Å².